The highest BCUT2D eigenvalue weighted by Crippen LogP contribution is 2.32. The van der Waals surface area contributed by atoms with E-state index in [2.05, 4.69) is 6.58 Å². The number of carbonyl (C=O) groups excluding carboxylic acids is 2. The molecule has 0 saturated carbocycles. The highest BCUT2D eigenvalue weighted by Gasteiger charge is 2.31. The predicted octanol–water partition coefficient (Wildman–Crippen LogP) is 3.43. The molecule has 0 aromatic heterocycles. The Balaban J connectivity index is 3.09. The van der Waals surface area contributed by atoms with Crippen LogP contribution in [0.3, 0.4) is 0 Å². The molecule has 1 atom stereocenters. The summed E-state index contributed by atoms with van der Waals surface area (Å²) < 4.78 is 47.3. The van der Waals surface area contributed by atoms with Crippen molar-refractivity contribution < 1.29 is 32.2 Å². The third-order valence-electron chi connectivity index (χ3n) is 2.68. The van der Waals surface area contributed by atoms with Gasteiger partial charge in [0.1, 0.15) is 0 Å². The third-order valence-corrected chi connectivity index (χ3v) is 2.68. The van der Waals surface area contributed by atoms with Crippen LogP contribution in [0.5, 0.6) is 0 Å². The summed E-state index contributed by atoms with van der Waals surface area (Å²) in [5, 5.41) is 0. The summed E-state index contributed by atoms with van der Waals surface area (Å²) in [6.07, 6.45) is -5.67. The van der Waals surface area contributed by atoms with Crippen LogP contribution < -0.4 is 0 Å². The Labute approximate surface area is 125 Å². The van der Waals surface area contributed by atoms with E-state index in [1.165, 1.54) is 0 Å². The number of halogens is 3. The van der Waals surface area contributed by atoms with Crippen molar-refractivity contribution in [3.63, 3.8) is 0 Å². The maximum absolute atomic E-state index is 12.5. The van der Waals surface area contributed by atoms with E-state index in [0.29, 0.717) is 0 Å². The molecular formula is C15H15F3O4. The van der Waals surface area contributed by atoms with Gasteiger partial charge in [-0.25, -0.2) is 4.79 Å². The zero-order chi connectivity index (χ0) is 16.9. The van der Waals surface area contributed by atoms with Gasteiger partial charge in [-0.2, -0.15) is 13.2 Å². The lowest BCUT2D eigenvalue weighted by atomic mass is 10.0. The molecule has 4 nitrogen and oxygen atoms in total. The number of hydrogen-bond acceptors (Lipinski definition) is 4. The Morgan fingerprint density at radius 3 is 2.18 bits per heavy atom. The SMILES string of the molecule is C=C(C(=O)OCC)C(OC(C)=O)c1ccc(C(F)(F)F)cc1. The second-order valence-electron chi connectivity index (χ2n) is 4.35. The molecule has 22 heavy (non-hydrogen) atoms. The summed E-state index contributed by atoms with van der Waals surface area (Å²) >= 11 is 0. The molecule has 0 fully saturated rings. The van der Waals surface area contributed by atoms with E-state index in [1.807, 2.05) is 0 Å². The first-order chi connectivity index (χ1) is 10.2. The van der Waals surface area contributed by atoms with Crippen LogP contribution in [0.1, 0.15) is 31.1 Å². The Hall–Kier alpha value is -2.31. The average Bonchev–Trinajstić information content (AvgIpc) is 2.43. The molecule has 0 heterocycles. The Morgan fingerprint density at radius 2 is 1.77 bits per heavy atom. The van der Waals surface area contributed by atoms with Crippen molar-refractivity contribution in [3.05, 3.63) is 47.5 Å². The molecule has 0 aliphatic rings. The molecule has 0 aliphatic carbocycles. The van der Waals surface area contributed by atoms with Gasteiger partial charge in [-0.05, 0) is 24.6 Å². The van der Waals surface area contributed by atoms with E-state index in [9.17, 15) is 22.8 Å². The molecule has 0 aliphatic heterocycles. The van der Waals surface area contributed by atoms with Crippen molar-refractivity contribution in [2.24, 2.45) is 0 Å². The van der Waals surface area contributed by atoms with Crippen molar-refractivity contribution >= 4 is 11.9 Å². The van der Waals surface area contributed by atoms with Gasteiger partial charge in [-0.3, -0.25) is 4.79 Å². The molecule has 0 amide bonds. The second-order valence-corrected chi connectivity index (χ2v) is 4.35. The monoisotopic (exact) mass is 316 g/mol. The van der Waals surface area contributed by atoms with E-state index < -0.39 is 29.8 Å². The number of hydrogen-bond donors (Lipinski definition) is 0. The molecule has 0 saturated heterocycles. The van der Waals surface area contributed by atoms with Crippen molar-refractivity contribution in [2.45, 2.75) is 26.1 Å². The van der Waals surface area contributed by atoms with E-state index in [4.69, 9.17) is 9.47 Å². The first-order valence-corrected chi connectivity index (χ1v) is 6.37. The minimum Gasteiger partial charge on any atom is -0.463 e. The van der Waals surface area contributed by atoms with Crippen LogP contribution >= 0.6 is 0 Å². The molecule has 1 aromatic carbocycles. The van der Waals surface area contributed by atoms with Crippen molar-refractivity contribution in [2.75, 3.05) is 6.61 Å². The van der Waals surface area contributed by atoms with E-state index in [-0.39, 0.29) is 17.7 Å². The number of ether oxygens (including phenoxy) is 2. The largest absolute Gasteiger partial charge is 0.463 e. The first kappa shape index (κ1) is 17.7. The van der Waals surface area contributed by atoms with Crippen LogP contribution in [-0.4, -0.2) is 18.5 Å². The molecule has 0 bridgehead atoms. The smallest absolute Gasteiger partial charge is 0.416 e. The predicted molar refractivity (Wildman–Crippen MR) is 71.7 cm³/mol. The number of alkyl halides is 3. The fourth-order valence-electron chi connectivity index (χ4n) is 1.68. The lowest BCUT2D eigenvalue weighted by Gasteiger charge is -2.19. The summed E-state index contributed by atoms with van der Waals surface area (Å²) in [5.74, 6) is -1.48. The fraction of sp³-hybridized carbons (Fsp3) is 0.333. The van der Waals surface area contributed by atoms with Crippen molar-refractivity contribution in [1.82, 2.24) is 0 Å². The van der Waals surface area contributed by atoms with Crippen LogP contribution in [0.15, 0.2) is 36.4 Å². The summed E-state index contributed by atoms with van der Waals surface area (Å²) in [4.78, 5) is 22.8. The number of carbonyl (C=O) groups is 2. The number of benzene rings is 1. The molecule has 1 aromatic rings. The molecule has 0 radical (unpaired) electrons. The summed E-state index contributed by atoms with van der Waals surface area (Å²) in [5.41, 5.74) is -0.822. The average molecular weight is 316 g/mol. The topological polar surface area (TPSA) is 52.6 Å². The zero-order valence-electron chi connectivity index (χ0n) is 12.1. The third kappa shape index (κ3) is 4.61. The number of esters is 2. The zero-order valence-corrected chi connectivity index (χ0v) is 12.1. The van der Waals surface area contributed by atoms with Gasteiger partial charge < -0.3 is 9.47 Å². The van der Waals surface area contributed by atoms with Crippen LogP contribution in [0.25, 0.3) is 0 Å². The quantitative estimate of drug-likeness (QED) is 0.617. The highest BCUT2D eigenvalue weighted by molar-refractivity contribution is 5.89. The van der Waals surface area contributed by atoms with Gasteiger partial charge in [-0.1, -0.05) is 18.7 Å². The van der Waals surface area contributed by atoms with Crippen LogP contribution in [-0.2, 0) is 25.2 Å². The van der Waals surface area contributed by atoms with E-state index >= 15 is 0 Å². The maximum Gasteiger partial charge on any atom is 0.416 e. The fourth-order valence-corrected chi connectivity index (χ4v) is 1.68. The van der Waals surface area contributed by atoms with Crippen LogP contribution in [0, 0.1) is 0 Å². The lowest BCUT2D eigenvalue weighted by Crippen LogP contribution is -2.18. The van der Waals surface area contributed by atoms with Gasteiger partial charge >= 0.3 is 18.1 Å². The van der Waals surface area contributed by atoms with E-state index in [0.717, 1.165) is 31.2 Å². The first-order valence-electron chi connectivity index (χ1n) is 6.37. The summed E-state index contributed by atoms with van der Waals surface area (Å²) in [6, 6.07) is 3.93. The van der Waals surface area contributed by atoms with Crippen molar-refractivity contribution in [1.29, 1.82) is 0 Å². The maximum atomic E-state index is 12.5. The molecule has 1 unspecified atom stereocenters. The second kappa shape index (κ2) is 7.11. The molecule has 120 valence electrons. The normalized spacial score (nSPS) is 12.4. The minimum atomic E-state index is -4.48. The van der Waals surface area contributed by atoms with Gasteiger partial charge in [0, 0.05) is 6.92 Å². The van der Waals surface area contributed by atoms with E-state index in [1.54, 1.807) is 6.92 Å². The van der Waals surface area contributed by atoms with Gasteiger partial charge in [0.15, 0.2) is 6.10 Å². The standard InChI is InChI=1S/C15H15F3O4/c1-4-21-14(20)9(2)13(22-10(3)19)11-5-7-12(8-6-11)15(16,17)18/h5-8,13H,2,4H2,1,3H3. The molecule has 0 N–H and O–H groups in total. The van der Waals surface area contributed by atoms with Gasteiger partial charge in [-0.15, -0.1) is 0 Å². The van der Waals surface area contributed by atoms with Gasteiger partial charge in [0.25, 0.3) is 0 Å². The molecule has 1 rings (SSSR count). The summed E-state index contributed by atoms with van der Waals surface area (Å²) in [7, 11) is 0. The summed E-state index contributed by atoms with van der Waals surface area (Å²) in [6.45, 7) is 6.30. The molecular weight excluding hydrogens is 301 g/mol. The Kier molecular flexibility index (Phi) is 5.73. The minimum absolute atomic E-state index is 0.0949. The van der Waals surface area contributed by atoms with Crippen LogP contribution in [0.4, 0.5) is 13.2 Å². The molecule has 0 spiro atoms. The molecule has 7 heteroatoms. The Morgan fingerprint density at radius 1 is 1.23 bits per heavy atom. The Bertz CT molecular complexity index is 561. The van der Waals surface area contributed by atoms with Crippen LogP contribution in [0.2, 0.25) is 0 Å². The van der Waals surface area contributed by atoms with Gasteiger partial charge in [0.2, 0.25) is 0 Å². The van der Waals surface area contributed by atoms with Gasteiger partial charge in [0.05, 0.1) is 17.7 Å². The van der Waals surface area contributed by atoms with Crippen molar-refractivity contribution in [3.8, 4) is 0 Å². The number of rotatable bonds is 5. The highest BCUT2D eigenvalue weighted by atomic mass is 19.4. The lowest BCUT2D eigenvalue weighted by molar-refractivity contribution is -0.148.